The number of hydrogen-bond donors (Lipinski definition) is 2. The normalized spacial score (nSPS) is 10.5. The van der Waals surface area contributed by atoms with Crippen molar-refractivity contribution in [2.75, 3.05) is 11.9 Å². The van der Waals surface area contributed by atoms with Crippen LogP contribution < -0.4 is 5.32 Å². The van der Waals surface area contributed by atoms with Crippen molar-refractivity contribution in [2.45, 2.75) is 19.8 Å². The van der Waals surface area contributed by atoms with Gasteiger partial charge in [0, 0.05) is 18.5 Å². The molecule has 106 valence electrons. The van der Waals surface area contributed by atoms with Gasteiger partial charge < -0.3 is 5.32 Å². The Kier molecular flexibility index (Phi) is 4.61. The topological polar surface area (TPSA) is 110 Å². The number of aromatic amines is 1. The number of nitrogens with one attached hydrogen (secondary N) is 2. The summed E-state index contributed by atoms with van der Waals surface area (Å²) in [6.45, 7) is 2.37. The average molecular weight is 341 g/mol. The summed E-state index contributed by atoms with van der Waals surface area (Å²) in [7, 11) is 0. The monoisotopic (exact) mass is 340 g/mol. The van der Waals surface area contributed by atoms with E-state index < -0.39 is 4.92 Å². The molecule has 0 bridgehead atoms. The van der Waals surface area contributed by atoms with E-state index >= 15 is 0 Å². The van der Waals surface area contributed by atoms with E-state index in [-0.39, 0.29) is 5.69 Å². The third kappa shape index (κ3) is 3.29. The molecule has 0 amide bonds. The molecule has 0 fully saturated rings. The van der Waals surface area contributed by atoms with Gasteiger partial charge in [0.1, 0.15) is 24.2 Å². The van der Waals surface area contributed by atoms with Gasteiger partial charge in [-0.3, -0.25) is 15.2 Å². The molecule has 0 aromatic carbocycles. The van der Waals surface area contributed by atoms with Crippen LogP contribution in [-0.4, -0.2) is 31.6 Å². The average Bonchev–Trinajstić information content (AvgIpc) is 2.92. The number of aryl methyl sites for hydroxylation is 1. The van der Waals surface area contributed by atoms with Gasteiger partial charge in [-0.2, -0.15) is 5.10 Å². The molecule has 8 nitrogen and oxygen atoms in total. The van der Waals surface area contributed by atoms with Crippen molar-refractivity contribution in [1.82, 2.24) is 20.2 Å². The SMILES string of the molecule is Cc1c([N+](=O)[O-])cnc(NCCCc2ncn[nH]2)c1Br. The fourth-order valence-electron chi connectivity index (χ4n) is 1.69. The maximum absolute atomic E-state index is 10.8. The zero-order chi connectivity index (χ0) is 14.5. The zero-order valence-electron chi connectivity index (χ0n) is 10.8. The molecule has 2 aromatic rings. The quantitative estimate of drug-likeness (QED) is 0.474. The highest BCUT2D eigenvalue weighted by Crippen LogP contribution is 2.30. The first kappa shape index (κ1) is 14.4. The van der Waals surface area contributed by atoms with Crippen molar-refractivity contribution >= 4 is 27.4 Å². The highest BCUT2D eigenvalue weighted by atomic mass is 79.9. The molecule has 0 saturated carbocycles. The maximum atomic E-state index is 10.8. The first-order valence-electron chi connectivity index (χ1n) is 5.97. The van der Waals surface area contributed by atoms with E-state index in [1.807, 2.05) is 0 Å². The van der Waals surface area contributed by atoms with Gasteiger partial charge in [-0.15, -0.1) is 0 Å². The molecule has 0 atom stereocenters. The molecule has 0 radical (unpaired) electrons. The zero-order valence-corrected chi connectivity index (χ0v) is 12.3. The largest absolute Gasteiger partial charge is 0.369 e. The molecule has 2 N–H and O–H groups in total. The highest BCUT2D eigenvalue weighted by molar-refractivity contribution is 9.10. The predicted octanol–water partition coefficient (Wildman–Crippen LogP) is 2.22. The van der Waals surface area contributed by atoms with Crippen molar-refractivity contribution in [3.63, 3.8) is 0 Å². The molecule has 2 rings (SSSR count). The predicted molar refractivity (Wildman–Crippen MR) is 76.5 cm³/mol. The fraction of sp³-hybridized carbons (Fsp3) is 0.364. The second-order valence-electron chi connectivity index (χ2n) is 4.15. The molecule has 0 aliphatic heterocycles. The summed E-state index contributed by atoms with van der Waals surface area (Å²) in [6, 6.07) is 0. The van der Waals surface area contributed by atoms with Gasteiger partial charge in [-0.05, 0) is 29.3 Å². The van der Waals surface area contributed by atoms with Crippen LogP contribution in [0.25, 0.3) is 0 Å². The molecule has 0 unspecified atom stereocenters. The Bertz CT molecular complexity index is 601. The van der Waals surface area contributed by atoms with Gasteiger partial charge in [0.25, 0.3) is 5.69 Å². The van der Waals surface area contributed by atoms with Crippen LogP contribution in [0.1, 0.15) is 17.8 Å². The van der Waals surface area contributed by atoms with Crippen molar-refractivity contribution < 1.29 is 4.92 Å². The number of nitro groups is 1. The molecule has 0 spiro atoms. The van der Waals surface area contributed by atoms with Gasteiger partial charge in [-0.25, -0.2) is 9.97 Å². The highest BCUT2D eigenvalue weighted by Gasteiger charge is 2.16. The van der Waals surface area contributed by atoms with E-state index in [2.05, 4.69) is 41.4 Å². The third-order valence-electron chi connectivity index (χ3n) is 2.78. The van der Waals surface area contributed by atoms with Crippen LogP contribution in [0.5, 0.6) is 0 Å². The van der Waals surface area contributed by atoms with Crippen LogP contribution in [0.2, 0.25) is 0 Å². The first-order valence-corrected chi connectivity index (χ1v) is 6.76. The van der Waals surface area contributed by atoms with Crippen LogP contribution in [0, 0.1) is 17.0 Å². The number of halogens is 1. The fourth-order valence-corrected chi connectivity index (χ4v) is 2.14. The minimum Gasteiger partial charge on any atom is -0.369 e. The number of aromatic nitrogens is 4. The standard InChI is InChI=1S/C11H13BrN6O2/c1-7-8(18(19)20)5-14-11(10(7)12)13-4-2-3-9-15-6-16-17-9/h5-6H,2-4H2,1H3,(H,13,14)(H,15,16,17). The van der Waals surface area contributed by atoms with E-state index in [1.54, 1.807) is 6.92 Å². The molecule has 20 heavy (non-hydrogen) atoms. The van der Waals surface area contributed by atoms with Crippen LogP contribution in [0.15, 0.2) is 17.0 Å². The Morgan fingerprint density at radius 3 is 2.95 bits per heavy atom. The number of nitrogens with zero attached hydrogens (tertiary/aromatic N) is 4. The van der Waals surface area contributed by atoms with Crippen molar-refractivity contribution in [3.05, 3.63) is 38.5 Å². The smallest absolute Gasteiger partial charge is 0.291 e. The number of rotatable bonds is 6. The van der Waals surface area contributed by atoms with Crippen molar-refractivity contribution in [2.24, 2.45) is 0 Å². The van der Waals surface area contributed by atoms with E-state index in [0.717, 1.165) is 18.7 Å². The molecule has 0 aliphatic carbocycles. The van der Waals surface area contributed by atoms with E-state index in [1.165, 1.54) is 12.5 Å². The lowest BCUT2D eigenvalue weighted by Crippen LogP contribution is -2.07. The Morgan fingerprint density at radius 2 is 2.30 bits per heavy atom. The lowest BCUT2D eigenvalue weighted by atomic mass is 10.2. The molecular formula is C11H13BrN6O2. The van der Waals surface area contributed by atoms with E-state index in [9.17, 15) is 10.1 Å². The molecule has 2 heterocycles. The minimum atomic E-state index is -0.444. The second kappa shape index (κ2) is 6.42. The van der Waals surface area contributed by atoms with E-state index in [4.69, 9.17) is 0 Å². The lowest BCUT2D eigenvalue weighted by Gasteiger charge is -2.09. The Hall–Kier alpha value is -2.03. The van der Waals surface area contributed by atoms with Gasteiger partial charge in [0.15, 0.2) is 0 Å². The summed E-state index contributed by atoms with van der Waals surface area (Å²) in [5.74, 6) is 1.43. The van der Waals surface area contributed by atoms with Gasteiger partial charge >= 0.3 is 0 Å². The summed E-state index contributed by atoms with van der Waals surface area (Å²) in [4.78, 5) is 18.4. The molecule has 9 heteroatoms. The molecular weight excluding hydrogens is 328 g/mol. The summed E-state index contributed by atoms with van der Waals surface area (Å²) in [5.41, 5.74) is 0.562. The van der Waals surface area contributed by atoms with Crippen LogP contribution >= 0.6 is 15.9 Å². The minimum absolute atomic E-state index is 0.00378. The summed E-state index contributed by atoms with van der Waals surface area (Å²) in [6.07, 6.45) is 4.36. The van der Waals surface area contributed by atoms with Crippen LogP contribution in [-0.2, 0) is 6.42 Å². The van der Waals surface area contributed by atoms with Crippen molar-refractivity contribution in [1.29, 1.82) is 0 Å². The third-order valence-corrected chi connectivity index (χ3v) is 3.75. The summed E-state index contributed by atoms with van der Waals surface area (Å²) in [5, 5.41) is 20.5. The lowest BCUT2D eigenvalue weighted by molar-refractivity contribution is -0.385. The van der Waals surface area contributed by atoms with Gasteiger partial charge in [0.05, 0.1) is 9.40 Å². The number of anilines is 1. The van der Waals surface area contributed by atoms with Crippen LogP contribution in [0.4, 0.5) is 11.5 Å². The summed E-state index contributed by atoms with van der Waals surface area (Å²) >= 11 is 3.33. The Morgan fingerprint density at radius 1 is 1.50 bits per heavy atom. The molecule has 0 aliphatic rings. The Labute approximate surface area is 123 Å². The van der Waals surface area contributed by atoms with Crippen LogP contribution in [0.3, 0.4) is 0 Å². The number of hydrogen-bond acceptors (Lipinski definition) is 6. The first-order chi connectivity index (χ1) is 9.59. The molecule has 0 saturated heterocycles. The van der Waals surface area contributed by atoms with Crippen molar-refractivity contribution in [3.8, 4) is 0 Å². The molecule has 2 aromatic heterocycles. The maximum Gasteiger partial charge on any atom is 0.291 e. The number of pyridine rings is 1. The van der Waals surface area contributed by atoms with Gasteiger partial charge in [0.2, 0.25) is 0 Å². The number of H-pyrrole nitrogens is 1. The van der Waals surface area contributed by atoms with Gasteiger partial charge in [-0.1, -0.05) is 0 Å². The Balaban J connectivity index is 1.93. The summed E-state index contributed by atoms with van der Waals surface area (Å²) < 4.78 is 0.617. The van der Waals surface area contributed by atoms with E-state index in [0.29, 0.717) is 22.4 Å². The second-order valence-corrected chi connectivity index (χ2v) is 4.94.